The number of rotatable bonds is 7. The van der Waals surface area contributed by atoms with Crippen LogP contribution < -0.4 is 20.2 Å². The monoisotopic (exact) mass is 477 g/mol. The summed E-state index contributed by atoms with van der Waals surface area (Å²) >= 11 is 5.95. The number of para-hydroxylation sites is 1. The fourth-order valence-electron chi connectivity index (χ4n) is 2.68. The number of hydrogen-bond donors (Lipinski definition) is 2. The fraction of sp³-hybridized carbons (Fsp3) is 0.0400. The molecule has 3 aromatic rings. The van der Waals surface area contributed by atoms with E-state index >= 15 is 0 Å². The Hall–Kier alpha value is -4.43. The highest BCUT2D eigenvalue weighted by Gasteiger charge is 2.14. The number of carbonyl (C=O) groups excluding carboxylic acids is 3. The Bertz CT molecular complexity index is 1240. The SMILES string of the molecule is COc1cc(/C=N\NC(=O)C(=O)Nc2ccccc2Cl)ccc1OC(=O)/C=C/c1ccccc1. The topological polar surface area (TPSA) is 106 Å². The third-order valence-electron chi connectivity index (χ3n) is 4.32. The van der Waals surface area contributed by atoms with Gasteiger partial charge < -0.3 is 14.8 Å². The lowest BCUT2D eigenvalue weighted by Crippen LogP contribution is -2.32. The van der Waals surface area contributed by atoms with Gasteiger partial charge in [-0.25, -0.2) is 10.2 Å². The van der Waals surface area contributed by atoms with Crippen molar-refractivity contribution in [2.45, 2.75) is 0 Å². The van der Waals surface area contributed by atoms with Crippen LogP contribution in [-0.4, -0.2) is 31.1 Å². The molecule has 0 heterocycles. The molecule has 0 radical (unpaired) electrons. The largest absolute Gasteiger partial charge is 0.493 e. The van der Waals surface area contributed by atoms with Gasteiger partial charge in [-0.05, 0) is 47.5 Å². The lowest BCUT2D eigenvalue weighted by atomic mass is 10.2. The zero-order valence-electron chi connectivity index (χ0n) is 18.0. The molecule has 0 atom stereocenters. The highest BCUT2D eigenvalue weighted by atomic mass is 35.5. The molecule has 34 heavy (non-hydrogen) atoms. The quantitative estimate of drug-likeness (QED) is 0.133. The summed E-state index contributed by atoms with van der Waals surface area (Å²) < 4.78 is 10.6. The van der Waals surface area contributed by atoms with Crippen molar-refractivity contribution in [1.29, 1.82) is 0 Å². The van der Waals surface area contributed by atoms with Crippen LogP contribution in [0.25, 0.3) is 6.08 Å². The number of carbonyl (C=O) groups is 3. The van der Waals surface area contributed by atoms with Crippen LogP contribution in [-0.2, 0) is 14.4 Å². The van der Waals surface area contributed by atoms with E-state index in [0.717, 1.165) is 5.56 Å². The number of methoxy groups -OCH3 is 1. The fourth-order valence-corrected chi connectivity index (χ4v) is 2.86. The smallest absolute Gasteiger partial charge is 0.336 e. The highest BCUT2D eigenvalue weighted by Crippen LogP contribution is 2.28. The molecule has 0 aromatic heterocycles. The first-order valence-electron chi connectivity index (χ1n) is 9.98. The molecule has 0 aliphatic rings. The Morgan fingerprint density at radius 1 is 0.882 bits per heavy atom. The van der Waals surface area contributed by atoms with E-state index in [1.165, 1.54) is 25.5 Å². The molecule has 9 heteroatoms. The molecule has 3 rings (SSSR count). The molecular formula is C25H20ClN3O5. The van der Waals surface area contributed by atoms with Crippen LogP contribution in [0.1, 0.15) is 11.1 Å². The van der Waals surface area contributed by atoms with Crippen LogP contribution in [0.3, 0.4) is 0 Å². The number of halogens is 1. The number of ether oxygens (including phenoxy) is 2. The lowest BCUT2D eigenvalue weighted by molar-refractivity contribution is -0.136. The molecule has 8 nitrogen and oxygen atoms in total. The molecule has 0 spiro atoms. The molecule has 0 bridgehead atoms. The minimum Gasteiger partial charge on any atom is -0.493 e. The van der Waals surface area contributed by atoms with Gasteiger partial charge in [0.05, 0.1) is 24.0 Å². The van der Waals surface area contributed by atoms with Crippen molar-refractivity contribution in [1.82, 2.24) is 5.43 Å². The minimum absolute atomic E-state index is 0.213. The van der Waals surface area contributed by atoms with Gasteiger partial charge in [0.15, 0.2) is 11.5 Å². The van der Waals surface area contributed by atoms with Gasteiger partial charge >= 0.3 is 17.8 Å². The first-order chi connectivity index (χ1) is 16.5. The summed E-state index contributed by atoms with van der Waals surface area (Å²) in [7, 11) is 1.42. The number of hydrazone groups is 1. The van der Waals surface area contributed by atoms with Gasteiger partial charge in [0, 0.05) is 6.08 Å². The zero-order valence-corrected chi connectivity index (χ0v) is 18.8. The lowest BCUT2D eigenvalue weighted by Gasteiger charge is -2.08. The standard InChI is InChI=1S/C25H20ClN3O5/c1-33-22-15-18(11-13-21(22)34-23(30)14-12-17-7-3-2-4-8-17)16-27-29-25(32)24(31)28-20-10-6-5-9-19(20)26/h2-16H,1H3,(H,28,31)(H,29,32)/b14-12+,27-16-. The highest BCUT2D eigenvalue weighted by molar-refractivity contribution is 6.41. The number of nitrogens with one attached hydrogen (secondary N) is 2. The summed E-state index contributed by atoms with van der Waals surface area (Å²) in [4.78, 5) is 36.0. The van der Waals surface area contributed by atoms with Gasteiger partial charge in [0.2, 0.25) is 0 Å². The molecule has 172 valence electrons. The second-order valence-corrected chi connectivity index (χ2v) is 7.12. The maximum Gasteiger partial charge on any atom is 0.336 e. The van der Waals surface area contributed by atoms with Gasteiger partial charge in [-0.3, -0.25) is 9.59 Å². The van der Waals surface area contributed by atoms with Crippen molar-refractivity contribution < 1.29 is 23.9 Å². The summed E-state index contributed by atoms with van der Waals surface area (Å²) in [5, 5.41) is 6.46. The Morgan fingerprint density at radius 3 is 2.35 bits per heavy atom. The molecular weight excluding hydrogens is 458 g/mol. The van der Waals surface area contributed by atoms with Gasteiger partial charge in [0.1, 0.15) is 0 Å². The summed E-state index contributed by atoms with van der Waals surface area (Å²) in [6.45, 7) is 0. The van der Waals surface area contributed by atoms with Crippen molar-refractivity contribution >= 4 is 47.4 Å². The average Bonchev–Trinajstić information content (AvgIpc) is 2.85. The average molecular weight is 478 g/mol. The Morgan fingerprint density at radius 2 is 1.62 bits per heavy atom. The molecule has 0 aliphatic heterocycles. The maximum atomic E-state index is 12.1. The van der Waals surface area contributed by atoms with Crippen LogP contribution in [0.4, 0.5) is 5.69 Å². The molecule has 0 saturated carbocycles. The van der Waals surface area contributed by atoms with E-state index in [1.807, 2.05) is 30.3 Å². The first-order valence-corrected chi connectivity index (χ1v) is 10.4. The molecule has 2 N–H and O–H groups in total. The predicted molar refractivity (Wildman–Crippen MR) is 130 cm³/mol. The zero-order chi connectivity index (χ0) is 24.3. The minimum atomic E-state index is -0.973. The molecule has 0 fully saturated rings. The van der Waals surface area contributed by atoms with Crippen molar-refractivity contribution in [2.24, 2.45) is 5.10 Å². The molecule has 3 aromatic carbocycles. The van der Waals surface area contributed by atoms with Crippen LogP contribution in [0.2, 0.25) is 5.02 Å². The number of benzene rings is 3. The van der Waals surface area contributed by atoms with Gasteiger partial charge in [0.25, 0.3) is 0 Å². The van der Waals surface area contributed by atoms with Crippen molar-refractivity contribution in [3.63, 3.8) is 0 Å². The van der Waals surface area contributed by atoms with E-state index in [1.54, 1.807) is 42.5 Å². The Labute approximate surface area is 200 Å². The third kappa shape index (κ3) is 7.04. The van der Waals surface area contributed by atoms with Crippen molar-refractivity contribution in [3.05, 3.63) is 95.0 Å². The third-order valence-corrected chi connectivity index (χ3v) is 4.65. The number of amides is 2. The number of nitrogens with zero attached hydrogens (tertiary/aromatic N) is 1. The van der Waals surface area contributed by atoms with Gasteiger partial charge in [-0.1, -0.05) is 54.1 Å². The van der Waals surface area contributed by atoms with E-state index in [-0.39, 0.29) is 11.5 Å². The predicted octanol–water partition coefficient (Wildman–Crippen LogP) is 4.06. The number of hydrogen-bond acceptors (Lipinski definition) is 6. The molecule has 0 saturated heterocycles. The molecule has 0 aliphatic carbocycles. The van der Waals surface area contributed by atoms with Crippen LogP contribution in [0.15, 0.2) is 84.0 Å². The van der Waals surface area contributed by atoms with E-state index in [2.05, 4.69) is 15.8 Å². The molecule has 2 amide bonds. The Kier molecular flexibility index (Phi) is 8.54. The Balaban J connectivity index is 1.57. The summed E-state index contributed by atoms with van der Waals surface area (Å²) in [6.07, 6.45) is 4.26. The van der Waals surface area contributed by atoms with E-state index < -0.39 is 17.8 Å². The summed E-state index contributed by atoms with van der Waals surface area (Å²) in [5.41, 5.74) is 3.83. The first kappa shape index (κ1) is 24.2. The van der Waals surface area contributed by atoms with Crippen LogP contribution in [0, 0.1) is 0 Å². The summed E-state index contributed by atoms with van der Waals surface area (Å²) in [5.74, 6) is -1.97. The van der Waals surface area contributed by atoms with E-state index in [4.69, 9.17) is 21.1 Å². The van der Waals surface area contributed by atoms with Gasteiger partial charge in [-0.15, -0.1) is 0 Å². The number of esters is 1. The molecule has 0 unspecified atom stereocenters. The van der Waals surface area contributed by atoms with Crippen LogP contribution in [0.5, 0.6) is 11.5 Å². The van der Waals surface area contributed by atoms with E-state index in [9.17, 15) is 14.4 Å². The second-order valence-electron chi connectivity index (χ2n) is 6.71. The van der Waals surface area contributed by atoms with E-state index in [0.29, 0.717) is 16.3 Å². The van der Waals surface area contributed by atoms with Crippen molar-refractivity contribution in [2.75, 3.05) is 12.4 Å². The maximum absolute atomic E-state index is 12.1. The van der Waals surface area contributed by atoms with Gasteiger partial charge in [-0.2, -0.15) is 5.10 Å². The second kappa shape index (κ2) is 12.0. The normalized spacial score (nSPS) is 10.8. The van der Waals surface area contributed by atoms with Crippen molar-refractivity contribution in [3.8, 4) is 11.5 Å². The van der Waals surface area contributed by atoms with Crippen LogP contribution >= 0.6 is 11.6 Å². The number of anilines is 1. The summed E-state index contributed by atoms with van der Waals surface area (Å²) in [6, 6.07) is 20.5.